The summed E-state index contributed by atoms with van der Waals surface area (Å²) in [6, 6.07) is 0. The van der Waals surface area contributed by atoms with Crippen LogP contribution in [0.4, 0.5) is 0 Å². The lowest BCUT2D eigenvalue weighted by molar-refractivity contribution is -0.167. The molecule has 0 N–H and O–H groups in total. The minimum absolute atomic E-state index is 0.120. The molecule has 0 amide bonds. The molecule has 0 saturated heterocycles. The van der Waals surface area contributed by atoms with Crippen LogP contribution >= 0.6 is 0 Å². The fourth-order valence-electron chi connectivity index (χ4n) is 6.11. The van der Waals surface area contributed by atoms with Crippen molar-refractivity contribution in [2.45, 2.75) is 175 Å². The molecular weight excluding hydrogens is 817 g/mol. The summed E-state index contributed by atoms with van der Waals surface area (Å²) in [6.45, 7) is 6.22. The van der Waals surface area contributed by atoms with Crippen LogP contribution in [0.3, 0.4) is 0 Å². The van der Waals surface area contributed by atoms with Gasteiger partial charge in [0.2, 0.25) is 0 Å². The molecule has 1 atom stereocenters. The average molecular weight is 905 g/mol. The molecule has 0 aliphatic carbocycles. The first-order chi connectivity index (χ1) is 32.5. The second kappa shape index (κ2) is 52.4. The molecule has 364 valence electrons. The molecule has 6 heteroatoms. The maximum atomic E-state index is 12.8. The molecule has 0 aromatic rings. The number of esters is 3. The van der Waals surface area contributed by atoms with Crippen molar-refractivity contribution in [2.24, 2.45) is 0 Å². The molecule has 0 radical (unpaired) electrons. The first kappa shape index (κ1) is 60.8. The molecule has 6 nitrogen and oxygen atoms in total. The third-order valence-corrected chi connectivity index (χ3v) is 9.86. The second-order valence-electron chi connectivity index (χ2n) is 16.0. The maximum absolute atomic E-state index is 12.8. The summed E-state index contributed by atoms with van der Waals surface area (Å²) in [5, 5.41) is 0. The van der Waals surface area contributed by atoms with E-state index in [1.807, 2.05) is 146 Å². The molecular formula is C60H88O6. The Kier molecular flexibility index (Phi) is 48.2. The lowest BCUT2D eigenvalue weighted by atomic mass is 10.1. The minimum Gasteiger partial charge on any atom is -0.462 e. The quantitative estimate of drug-likeness (QED) is 0.0263. The van der Waals surface area contributed by atoms with E-state index in [9.17, 15) is 14.4 Å². The maximum Gasteiger partial charge on any atom is 0.306 e. The topological polar surface area (TPSA) is 78.9 Å². The number of hydrogen-bond acceptors (Lipinski definition) is 6. The summed E-state index contributed by atoms with van der Waals surface area (Å²) in [7, 11) is 0. The van der Waals surface area contributed by atoms with Crippen molar-refractivity contribution in [1.82, 2.24) is 0 Å². The van der Waals surface area contributed by atoms with Gasteiger partial charge in [-0.05, 0) is 57.8 Å². The van der Waals surface area contributed by atoms with E-state index in [2.05, 4.69) is 45.1 Å². The molecule has 0 aliphatic heterocycles. The molecule has 0 rings (SSSR count). The number of carbonyl (C=O) groups excluding carboxylic acids is 3. The van der Waals surface area contributed by atoms with Crippen molar-refractivity contribution < 1.29 is 28.6 Å². The number of unbranched alkanes of at least 4 members (excludes halogenated alkanes) is 15. The molecule has 1 unspecified atom stereocenters. The smallest absolute Gasteiger partial charge is 0.306 e. The van der Waals surface area contributed by atoms with Gasteiger partial charge in [0.05, 0.1) is 0 Å². The van der Waals surface area contributed by atoms with E-state index < -0.39 is 6.10 Å². The van der Waals surface area contributed by atoms with Crippen LogP contribution in [-0.4, -0.2) is 37.2 Å². The fraction of sp³-hybridized carbons (Fsp3) is 0.483. The first-order valence-corrected chi connectivity index (χ1v) is 25.3. The highest BCUT2D eigenvalue weighted by atomic mass is 16.6. The zero-order valence-electron chi connectivity index (χ0n) is 41.4. The number of allylic oxidation sites excluding steroid dienone is 28. The van der Waals surface area contributed by atoms with Gasteiger partial charge in [-0.2, -0.15) is 0 Å². The Balaban J connectivity index is 4.62. The van der Waals surface area contributed by atoms with E-state index in [1.54, 1.807) is 0 Å². The van der Waals surface area contributed by atoms with Gasteiger partial charge in [-0.1, -0.05) is 262 Å². The van der Waals surface area contributed by atoms with Crippen LogP contribution in [0, 0.1) is 0 Å². The van der Waals surface area contributed by atoms with Crippen LogP contribution in [0.5, 0.6) is 0 Å². The Morgan fingerprint density at radius 3 is 0.924 bits per heavy atom. The predicted octanol–water partition coefficient (Wildman–Crippen LogP) is 16.8. The van der Waals surface area contributed by atoms with Crippen molar-refractivity contribution in [2.75, 3.05) is 13.2 Å². The summed E-state index contributed by atoms with van der Waals surface area (Å²) < 4.78 is 16.7. The van der Waals surface area contributed by atoms with Crippen LogP contribution in [0.15, 0.2) is 170 Å². The van der Waals surface area contributed by atoms with Crippen LogP contribution in [0.1, 0.15) is 168 Å². The van der Waals surface area contributed by atoms with Crippen molar-refractivity contribution in [3.8, 4) is 0 Å². The Hall–Kier alpha value is -5.23. The normalized spacial score (nSPS) is 13.6. The third kappa shape index (κ3) is 49.8. The number of hydrogen-bond donors (Lipinski definition) is 0. The van der Waals surface area contributed by atoms with E-state index in [1.165, 1.54) is 44.9 Å². The molecule has 0 fully saturated rings. The standard InChI is InChI=1S/C60H88O6/c1-4-7-10-13-16-19-22-24-26-28-30-32-34-36-38-41-44-47-50-53-59(62)65-56-57(55-64-58(61)52-49-46-43-40-21-18-15-12-9-6-3)66-60(63)54-51-48-45-42-39-37-35-33-31-29-27-25-23-20-17-14-11-8-5-2/h7-8,10-11,13-14,16-17,19-20,22-39,57H,4-6,9,12,15,18,21,40-56H2,1-3H3/b10-7-,11-8-,16-13-,17-14-,22-19-,23-20-,26-24-,27-25-,30-28+,31-29+,34-32-,35-33-,38-36-,39-37-. The molecule has 0 aromatic heterocycles. The Labute approximate surface area is 402 Å². The van der Waals surface area contributed by atoms with Gasteiger partial charge in [0, 0.05) is 19.3 Å². The average Bonchev–Trinajstić information content (AvgIpc) is 3.31. The summed E-state index contributed by atoms with van der Waals surface area (Å²) >= 11 is 0. The van der Waals surface area contributed by atoms with Crippen LogP contribution in [0.2, 0.25) is 0 Å². The van der Waals surface area contributed by atoms with Gasteiger partial charge in [0.25, 0.3) is 0 Å². The third-order valence-electron chi connectivity index (χ3n) is 9.86. The summed E-state index contributed by atoms with van der Waals surface area (Å²) in [5.41, 5.74) is 0. The van der Waals surface area contributed by atoms with Gasteiger partial charge in [0.1, 0.15) is 13.2 Å². The highest BCUT2D eigenvalue weighted by Crippen LogP contribution is 2.13. The van der Waals surface area contributed by atoms with Gasteiger partial charge in [0.15, 0.2) is 6.10 Å². The highest BCUT2D eigenvalue weighted by Gasteiger charge is 2.19. The molecule has 0 aliphatic rings. The summed E-state index contributed by atoms with van der Waals surface area (Å²) in [4.78, 5) is 37.9. The lowest BCUT2D eigenvalue weighted by Gasteiger charge is -2.18. The summed E-state index contributed by atoms with van der Waals surface area (Å²) in [5.74, 6) is -1.03. The zero-order chi connectivity index (χ0) is 47.9. The SMILES string of the molecule is CC\C=C/C=C\C=C/C=C\C=C\C=C/C=C\CCCCCC(=O)OCC(COC(=O)CCCCCCCCCCCC)OC(=O)CCCCC\C=C/C=C\C=C\C=C/C=C\C=C/C=C\CC. The zero-order valence-corrected chi connectivity index (χ0v) is 41.4. The van der Waals surface area contributed by atoms with Crippen molar-refractivity contribution in [1.29, 1.82) is 0 Å². The molecule has 0 bridgehead atoms. The van der Waals surface area contributed by atoms with Crippen molar-refractivity contribution >= 4 is 17.9 Å². The Morgan fingerprint density at radius 2 is 0.591 bits per heavy atom. The number of ether oxygens (including phenoxy) is 3. The van der Waals surface area contributed by atoms with E-state index in [0.717, 1.165) is 70.6 Å². The molecule has 66 heavy (non-hydrogen) atoms. The minimum atomic E-state index is -0.828. The molecule has 0 aromatic carbocycles. The molecule has 0 saturated carbocycles. The second-order valence-corrected chi connectivity index (χ2v) is 16.0. The van der Waals surface area contributed by atoms with E-state index in [-0.39, 0.29) is 44.0 Å². The van der Waals surface area contributed by atoms with Gasteiger partial charge in [-0.25, -0.2) is 0 Å². The van der Waals surface area contributed by atoms with E-state index in [0.29, 0.717) is 19.3 Å². The van der Waals surface area contributed by atoms with Crippen molar-refractivity contribution in [3.63, 3.8) is 0 Å². The molecule has 0 spiro atoms. The van der Waals surface area contributed by atoms with E-state index in [4.69, 9.17) is 14.2 Å². The van der Waals surface area contributed by atoms with Crippen LogP contribution in [0.25, 0.3) is 0 Å². The van der Waals surface area contributed by atoms with Gasteiger partial charge < -0.3 is 14.2 Å². The lowest BCUT2D eigenvalue weighted by Crippen LogP contribution is -2.30. The van der Waals surface area contributed by atoms with Gasteiger partial charge >= 0.3 is 17.9 Å². The van der Waals surface area contributed by atoms with Crippen LogP contribution in [-0.2, 0) is 28.6 Å². The largest absolute Gasteiger partial charge is 0.462 e. The van der Waals surface area contributed by atoms with E-state index >= 15 is 0 Å². The Bertz CT molecular complexity index is 1600. The van der Waals surface area contributed by atoms with Crippen LogP contribution < -0.4 is 0 Å². The van der Waals surface area contributed by atoms with Gasteiger partial charge in [-0.15, -0.1) is 0 Å². The monoisotopic (exact) mass is 905 g/mol. The Morgan fingerprint density at radius 1 is 0.318 bits per heavy atom. The first-order valence-electron chi connectivity index (χ1n) is 25.3. The highest BCUT2D eigenvalue weighted by molar-refractivity contribution is 5.71. The number of carbonyl (C=O) groups is 3. The van der Waals surface area contributed by atoms with Gasteiger partial charge in [-0.3, -0.25) is 14.4 Å². The van der Waals surface area contributed by atoms with Crippen molar-refractivity contribution in [3.05, 3.63) is 170 Å². The summed E-state index contributed by atoms with van der Waals surface area (Å²) in [6.07, 6.45) is 77.5. The number of rotatable bonds is 42. The fourth-order valence-corrected chi connectivity index (χ4v) is 6.11. The molecule has 0 heterocycles. The predicted molar refractivity (Wildman–Crippen MR) is 283 cm³/mol.